The Morgan fingerprint density at radius 2 is 1.89 bits per heavy atom. The monoisotopic (exact) mass is 258 g/mol. The van der Waals surface area contributed by atoms with Crippen LogP contribution in [0, 0.1) is 6.92 Å². The van der Waals surface area contributed by atoms with Crippen molar-refractivity contribution in [2.24, 2.45) is 0 Å². The molecule has 100 valence electrons. The van der Waals surface area contributed by atoms with Crippen LogP contribution in [0.5, 0.6) is 11.5 Å². The first-order chi connectivity index (χ1) is 9.24. The van der Waals surface area contributed by atoms with E-state index in [1.807, 2.05) is 30.5 Å². The molecule has 1 heterocycles. The third kappa shape index (κ3) is 3.16. The van der Waals surface area contributed by atoms with E-state index < -0.39 is 0 Å². The van der Waals surface area contributed by atoms with Crippen LogP contribution in [0.4, 0.5) is 5.69 Å². The van der Waals surface area contributed by atoms with Gasteiger partial charge in [-0.25, -0.2) is 0 Å². The summed E-state index contributed by atoms with van der Waals surface area (Å²) in [7, 11) is 3.27. The highest BCUT2D eigenvalue weighted by Crippen LogP contribution is 2.27. The number of nitrogens with one attached hydrogen (secondary N) is 1. The molecule has 0 unspecified atom stereocenters. The van der Waals surface area contributed by atoms with Gasteiger partial charge in [0.2, 0.25) is 0 Å². The molecule has 0 saturated heterocycles. The number of anilines is 1. The molecule has 0 saturated carbocycles. The first kappa shape index (κ1) is 13.2. The third-order valence-corrected chi connectivity index (χ3v) is 2.97. The molecule has 0 aliphatic rings. The summed E-state index contributed by atoms with van der Waals surface area (Å²) in [4.78, 5) is 4.11. The number of ether oxygens (including phenoxy) is 2. The quantitative estimate of drug-likeness (QED) is 0.895. The van der Waals surface area contributed by atoms with Gasteiger partial charge in [-0.3, -0.25) is 4.98 Å². The highest BCUT2D eigenvalue weighted by molar-refractivity contribution is 5.49. The minimum Gasteiger partial charge on any atom is -0.493 e. The van der Waals surface area contributed by atoms with Crippen LogP contribution < -0.4 is 14.8 Å². The minimum absolute atomic E-state index is 0.715. The topological polar surface area (TPSA) is 43.4 Å². The van der Waals surface area contributed by atoms with Crippen LogP contribution in [0.1, 0.15) is 11.1 Å². The zero-order valence-electron chi connectivity index (χ0n) is 11.4. The van der Waals surface area contributed by atoms with Gasteiger partial charge in [-0.15, -0.1) is 0 Å². The van der Waals surface area contributed by atoms with Crippen molar-refractivity contribution in [3.63, 3.8) is 0 Å². The fourth-order valence-electron chi connectivity index (χ4n) is 1.84. The second-order valence-corrected chi connectivity index (χ2v) is 4.23. The average molecular weight is 258 g/mol. The summed E-state index contributed by atoms with van der Waals surface area (Å²) >= 11 is 0. The summed E-state index contributed by atoms with van der Waals surface area (Å²) in [5.41, 5.74) is 3.34. The molecule has 2 rings (SSSR count). The molecule has 0 atom stereocenters. The van der Waals surface area contributed by atoms with Gasteiger partial charge in [0.15, 0.2) is 11.5 Å². The summed E-state index contributed by atoms with van der Waals surface area (Å²) in [6.07, 6.45) is 3.62. The highest BCUT2D eigenvalue weighted by Gasteiger charge is 2.04. The maximum atomic E-state index is 5.29. The molecule has 0 spiro atoms. The lowest BCUT2D eigenvalue weighted by Gasteiger charge is -2.11. The van der Waals surface area contributed by atoms with Gasteiger partial charge in [0.25, 0.3) is 0 Å². The van der Waals surface area contributed by atoms with Crippen LogP contribution in [-0.2, 0) is 6.54 Å². The number of rotatable bonds is 5. The molecule has 19 heavy (non-hydrogen) atoms. The highest BCUT2D eigenvalue weighted by atomic mass is 16.5. The standard InChI is InChI=1S/C15H18N2O2/c1-11-6-7-16-10-13(11)17-9-12-4-5-14(18-2)15(8-12)19-3/h4-8,10,17H,9H2,1-3H3. The van der Waals surface area contributed by atoms with Crippen molar-refractivity contribution in [3.8, 4) is 11.5 Å². The Balaban J connectivity index is 2.10. The van der Waals surface area contributed by atoms with E-state index in [0.29, 0.717) is 6.54 Å². The van der Waals surface area contributed by atoms with E-state index in [-0.39, 0.29) is 0 Å². The zero-order valence-corrected chi connectivity index (χ0v) is 11.4. The van der Waals surface area contributed by atoms with E-state index in [1.165, 1.54) is 5.56 Å². The van der Waals surface area contributed by atoms with Crippen molar-refractivity contribution < 1.29 is 9.47 Å². The van der Waals surface area contributed by atoms with Gasteiger partial charge in [0, 0.05) is 12.7 Å². The van der Waals surface area contributed by atoms with Gasteiger partial charge in [-0.1, -0.05) is 6.07 Å². The van der Waals surface area contributed by atoms with Gasteiger partial charge in [-0.05, 0) is 36.2 Å². The Morgan fingerprint density at radius 3 is 2.58 bits per heavy atom. The van der Waals surface area contributed by atoms with Crippen molar-refractivity contribution >= 4 is 5.69 Å². The van der Waals surface area contributed by atoms with E-state index in [9.17, 15) is 0 Å². The van der Waals surface area contributed by atoms with E-state index in [1.54, 1.807) is 20.4 Å². The Kier molecular flexibility index (Phi) is 4.23. The van der Waals surface area contributed by atoms with Gasteiger partial charge in [0.1, 0.15) is 0 Å². The molecule has 1 aromatic heterocycles. The van der Waals surface area contributed by atoms with Crippen LogP contribution >= 0.6 is 0 Å². The van der Waals surface area contributed by atoms with Gasteiger partial charge >= 0.3 is 0 Å². The fraction of sp³-hybridized carbons (Fsp3) is 0.267. The molecular formula is C15H18N2O2. The number of pyridine rings is 1. The van der Waals surface area contributed by atoms with Crippen molar-refractivity contribution in [2.45, 2.75) is 13.5 Å². The lowest BCUT2D eigenvalue weighted by atomic mass is 10.2. The maximum absolute atomic E-state index is 5.29. The number of hydrogen-bond donors (Lipinski definition) is 1. The molecule has 0 amide bonds. The summed E-state index contributed by atoms with van der Waals surface area (Å²) < 4.78 is 10.5. The van der Waals surface area contributed by atoms with Crippen LogP contribution in [-0.4, -0.2) is 19.2 Å². The molecule has 0 aliphatic heterocycles. The lowest BCUT2D eigenvalue weighted by Crippen LogP contribution is -2.02. The SMILES string of the molecule is COc1ccc(CNc2cnccc2C)cc1OC. The summed E-state index contributed by atoms with van der Waals surface area (Å²) in [6, 6.07) is 7.88. The van der Waals surface area contributed by atoms with E-state index >= 15 is 0 Å². The van der Waals surface area contributed by atoms with E-state index in [4.69, 9.17) is 9.47 Å². The van der Waals surface area contributed by atoms with Crippen molar-refractivity contribution in [1.29, 1.82) is 0 Å². The normalized spacial score (nSPS) is 10.1. The number of benzene rings is 1. The molecule has 0 fully saturated rings. The molecule has 4 nitrogen and oxygen atoms in total. The number of aromatic nitrogens is 1. The maximum Gasteiger partial charge on any atom is 0.161 e. The Morgan fingerprint density at radius 1 is 1.11 bits per heavy atom. The largest absolute Gasteiger partial charge is 0.493 e. The molecule has 4 heteroatoms. The molecule has 0 radical (unpaired) electrons. The van der Waals surface area contributed by atoms with Gasteiger partial charge in [-0.2, -0.15) is 0 Å². The first-order valence-corrected chi connectivity index (χ1v) is 6.10. The summed E-state index contributed by atoms with van der Waals surface area (Å²) in [5, 5.41) is 3.36. The number of aryl methyl sites for hydroxylation is 1. The lowest BCUT2D eigenvalue weighted by molar-refractivity contribution is 0.354. The van der Waals surface area contributed by atoms with Crippen LogP contribution in [0.15, 0.2) is 36.7 Å². The molecule has 0 aliphatic carbocycles. The fourth-order valence-corrected chi connectivity index (χ4v) is 1.84. The van der Waals surface area contributed by atoms with Crippen LogP contribution in [0.2, 0.25) is 0 Å². The molecular weight excluding hydrogens is 240 g/mol. The van der Waals surface area contributed by atoms with Crippen LogP contribution in [0.25, 0.3) is 0 Å². The number of hydrogen-bond acceptors (Lipinski definition) is 4. The second-order valence-electron chi connectivity index (χ2n) is 4.23. The number of nitrogens with zero attached hydrogens (tertiary/aromatic N) is 1. The molecule has 1 N–H and O–H groups in total. The number of methoxy groups -OCH3 is 2. The predicted molar refractivity (Wildman–Crippen MR) is 75.8 cm³/mol. The second kappa shape index (κ2) is 6.09. The van der Waals surface area contributed by atoms with Crippen molar-refractivity contribution in [2.75, 3.05) is 19.5 Å². The minimum atomic E-state index is 0.715. The smallest absolute Gasteiger partial charge is 0.161 e. The van der Waals surface area contributed by atoms with Crippen molar-refractivity contribution in [3.05, 3.63) is 47.8 Å². The Labute approximate surface area is 113 Å². The third-order valence-electron chi connectivity index (χ3n) is 2.97. The summed E-state index contributed by atoms with van der Waals surface area (Å²) in [6.45, 7) is 2.77. The first-order valence-electron chi connectivity index (χ1n) is 6.10. The summed E-state index contributed by atoms with van der Waals surface area (Å²) in [5.74, 6) is 1.48. The van der Waals surface area contributed by atoms with Crippen molar-refractivity contribution in [1.82, 2.24) is 4.98 Å². The zero-order chi connectivity index (χ0) is 13.7. The van der Waals surface area contributed by atoms with E-state index in [0.717, 1.165) is 22.7 Å². The molecule has 0 bridgehead atoms. The Hall–Kier alpha value is -2.23. The van der Waals surface area contributed by atoms with Crippen LogP contribution in [0.3, 0.4) is 0 Å². The van der Waals surface area contributed by atoms with Gasteiger partial charge < -0.3 is 14.8 Å². The molecule has 2 aromatic rings. The van der Waals surface area contributed by atoms with Gasteiger partial charge in [0.05, 0.1) is 26.1 Å². The average Bonchev–Trinajstić information content (AvgIpc) is 2.46. The Bertz CT molecular complexity index is 556. The predicted octanol–water partition coefficient (Wildman–Crippen LogP) is 3.02. The molecule has 1 aromatic carbocycles. The van der Waals surface area contributed by atoms with E-state index in [2.05, 4.69) is 17.2 Å².